The highest BCUT2D eigenvalue weighted by Gasteiger charge is 2.27. The van der Waals surface area contributed by atoms with Crippen LogP contribution in [-0.2, 0) is 0 Å². The highest BCUT2D eigenvalue weighted by Crippen LogP contribution is 2.40. The van der Waals surface area contributed by atoms with Crippen molar-refractivity contribution < 1.29 is 0 Å². The Morgan fingerprint density at radius 1 is 1.09 bits per heavy atom. The number of nitrogens with one attached hydrogen (secondary N) is 2. The summed E-state index contributed by atoms with van der Waals surface area (Å²) in [4.78, 5) is 9.19. The predicted octanol–water partition coefficient (Wildman–Crippen LogP) is 3.54. The molecule has 1 aromatic heterocycles. The minimum Gasteiger partial charge on any atom is -0.351 e. The van der Waals surface area contributed by atoms with Crippen LogP contribution in [0.3, 0.4) is 0 Å². The van der Waals surface area contributed by atoms with Gasteiger partial charge in [0.25, 0.3) is 0 Å². The fraction of sp³-hybridized carbons (Fsp3) is 0.353. The van der Waals surface area contributed by atoms with Crippen molar-refractivity contribution >= 4 is 17.5 Å². The molecule has 0 radical (unpaired) electrons. The molecular weight excluding hydrogens is 274 g/mol. The molecule has 5 heteroatoms. The number of hydrogen-bond donors (Lipinski definition) is 2. The van der Waals surface area contributed by atoms with Gasteiger partial charge in [0.15, 0.2) is 0 Å². The van der Waals surface area contributed by atoms with Crippen LogP contribution >= 0.6 is 0 Å². The standard InChI is InChI=1S/C17H17N5/c18-10-11-2-1-3-14(8-11)19-16-9-15(12-4-5-12)21-17(22-16)20-13-6-7-13/h1-3,8-9,12-13H,4-7H2,(H2,19,20,21,22). The second-order valence-electron chi connectivity index (χ2n) is 6.01. The Bertz CT molecular complexity index is 741. The summed E-state index contributed by atoms with van der Waals surface area (Å²) >= 11 is 0. The van der Waals surface area contributed by atoms with E-state index in [9.17, 15) is 0 Å². The van der Waals surface area contributed by atoms with Gasteiger partial charge in [-0.3, -0.25) is 0 Å². The Hall–Kier alpha value is -2.61. The zero-order valence-corrected chi connectivity index (χ0v) is 12.2. The van der Waals surface area contributed by atoms with Gasteiger partial charge in [0.1, 0.15) is 5.82 Å². The van der Waals surface area contributed by atoms with E-state index in [-0.39, 0.29) is 0 Å². The molecule has 4 rings (SSSR count). The van der Waals surface area contributed by atoms with Crippen LogP contribution < -0.4 is 10.6 Å². The first-order valence-corrected chi connectivity index (χ1v) is 7.73. The molecule has 5 nitrogen and oxygen atoms in total. The van der Waals surface area contributed by atoms with Crippen LogP contribution in [0.25, 0.3) is 0 Å². The quantitative estimate of drug-likeness (QED) is 0.881. The minimum absolute atomic E-state index is 0.532. The van der Waals surface area contributed by atoms with Gasteiger partial charge in [0, 0.05) is 23.7 Å². The second-order valence-corrected chi connectivity index (χ2v) is 6.01. The Kier molecular flexibility index (Phi) is 3.15. The van der Waals surface area contributed by atoms with Crippen molar-refractivity contribution in [3.05, 3.63) is 41.6 Å². The maximum atomic E-state index is 8.99. The smallest absolute Gasteiger partial charge is 0.225 e. The largest absolute Gasteiger partial charge is 0.351 e. The van der Waals surface area contributed by atoms with E-state index in [1.54, 1.807) is 6.07 Å². The molecule has 0 atom stereocenters. The van der Waals surface area contributed by atoms with E-state index in [2.05, 4.69) is 26.7 Å². The first kappa shape index (κ1) is 13.1. The fourth-order valence-electron chi connectivity index (χ4n) is 2.41. The first-order valence-electron chi connectivity index (χ1n) is 7.73. The summed E-state index contributed by atoms with van der Waals surface area (Å²) in [7, 11) is 0. The number of rotatable bonds is 5. The van der Waals surface area contributed by atoms with Crippen LogP contribution in [0.4, 0.5) is 17.5 Å². The highest BCUT2D eigenvalue weighted by molar-refractivity contribution is 5.60. The summed E-state index contributed by atoms with van der Waals surface area (Å²) in [5.41, 5.74) is 2.62. The molecule has 2 aliphatic carbocycles. The van der Waals surface area contributed by atoms with Crippen molar-refractivity contribution in [2.45, 2.75) is 37.6 Å². The number of nitrogens with zero attached hydrogens (tertiary/aromatic N) is 3. The molecule has 2 aromatic rings. The van der Waals surface area contributed by atoms with Crippen LogP contribution in [-0.4, -0.2) is 16.0 Å². The maximum Gasteiger partial charge on any atom is 0.225 e. The molecule has 2 fully saturated rings. The summed E-state index contributed by atoms with van der Waals surface area (Å²) in [5.74, 6) is 2.08. The zero-order valence-electron chi connectivity index (χ0n) is 12.2. The van der Waals surface area contributed by atoms with Gasteiger partial charge in [-0.25, -0.2) is 4.98 Å². The van der Waals surface area contributed by atoms with E-state index in [4.69, 9.17) is 5.26 Å². The van der Waals surface area contributed by atoms with Gasteiger partial charge in [-0.1, -0.05) is 6.07 Å². The van der Waals surface area contributed by atoms with Gasteiger partial charge in [0.2, 0.25) is 5.95 Å². The number of nitriles is 1. The molecule has 0 spiro atoms. The number of anilines is 3. The lowest BCUT2D eigenvalue weighted by atomic mass is 10.2. The molecule has 2 N–H and O–H groups in total. The summed E-state index contributed by atoms with van der Waals surface area (Å²) in [6.45, 7) is 0. The normalized spacial score (nSPS) is 16.9. The molecule has 0 aliphatic heterocycles. The fourth-order valence-corrected chi connectivity index (χ4v) is 2.41. The van der Waals surface area contributed by atoms with E-state index in [0.29, 0.717) is 23.5 Å². The SMILES string of the molecule is N#Cc1cccc(Nc2cc(C3CC3)nc(NC3CC3)n2)c1. The van der Waals surface area contributed by atoms with E-state index in [0.717, 1.165) is 17.2 Å². The molecule has 0 saturated heterocycles. The molecule has 22 heavy (non-hydrogen) atoms. The third-order valence-corrected chi connectivity index (χ3v) is 3.92. The van der Waals surface area contributed by atoms with E-state index < -0.39 is 0 Å². The minimum atomic E-state index is 0.532. The number of aromatic nitrogens is 2. The second kappa shape index (κ2) is 5.30. The molecular formula is C17H17N5. The van der Waals surface area contributed by atoms with Crippen LogP contribution in [0.5, 0.6) is 0 Å². The summed E-state index contributed by atoms with van der Waals surface area (Å²) in [6.07, 6.45) is 4.82. The van der Waals surface area contributed by atoms with Crippen molar-refractivity contribution in [3.8, 4) is 6.07 Å². The Morgan fingerprint density at radius 2 is 1.95 bits per heavy atom. The molecule has 1 heterocycles. The lowest BCUT2D eigenvalue weighted by molar-refractivity contribution is 0.968. The lowest BCUT2D eigenvalue weighted by Crippen LogP contribution is -2.08. The highest BCUT2D eigenvalue weighted by atomic mass is 15.2. The topological polar surface area (TPSA) is 73.6 Å². The number of benzene rings is 1. The van der Waals surface area contributed by atoms with Gasteiger partial charge in [-0.15, -0.1) is 0 Å². The van der Waals surface area contributed by atoms with Crippen LogP contribution in [0.15, 0.2) is 30.3 Å². The summed E-state index contributed by atoms with van der Waals surface area (Å²) < 4.78 is 0. The Labute approximate surface area is 129 Å². The van der Waals surface area contributed by atoms with E-state index in [1.807, 2.05) is 24.3 Å². The Morgan fingerprint density at radius 3 is 2.68 bits per heavy atom. The van der Waals surface area contributed by atoms with Crippen molar-refractivity contribution in [1.29, 1.82) is 5.26 Å². The molecule has 2 saturated carbocycles. The number of hydrogen-bond acceptors (Lipinski definition) is 5. The van der Waals surface area contributed by atoms with Crippen molar-refractivity contribution in [2.75, 3.05) is 10.6 Å². The summed E-state index contributed by atoms with van der Waals surface area (Å²) in [6, 6.07) is 12.1. The van der Waals surface area contributed by atoms with Crippen molar-refractivity contribution in [3.63, 3.8) is 0 Å². The van der Waals surface area contributed by atoms with Crippen molar-refractivity contribution in [2.24, 2.45) is 0 Å². The van der Waals surface area contributed by atoms with Gasteiger partial charge >= 0.3 is 0 Å². The maximum absolute atomic E-state index is 8.99. The third kappa shape index (κ3) is 3.01. The summed E-state index contributed by atoms with van der Waals surface area (Å²) in [5, 5.41) is 15.7. The van der Waals surface area contributed by atoms with Gasteiger partial charge in [0.05, 0.1) is 17.3 Å². The molecule has 110 valence electrons. The Balaban J connectivity index is 1.61. The average molecular weight is 291 g/mol. The monoisotopic (exact) mass is 291 g/mol. The van der Waals surface area contributed by atoms with Crippen LogP contribution in [0.2, 0.25) is 0 Å². The molecule has 0 unspecified atom stereocenters. The zero-order chi connectivity index (χ0) is 14.9. The van der Waals surface area contributed by atoms with Gasteiger partial charge < -0.3 is 10.6 Å². The molecule has 2 aliphatic rings. The van der Waals surface area contributed by atoms with Crippen LogP contribution in [0.1, 0.15) is 42.9 Å². The molecule has 1 aromatic carbocycles. The average Bonchev–Trinajstić information content (AvgIpc) is 3.40. The van der Waals surface area contributed by atoms with E-state index >= 15 is 0 Å². The van der Waals surface area contributed by atoms with Crippen molar-refractivity contribution in [1.82, 2.24) is 9.97 Å². The lowest BCUT2D eigenvalue weighted by Gasteiger charge is -2.11. The van der Waals surface area contributed by atoms with Gasteiger partial charge in [-0.05, 0) is 43.9 Å². The van der Waals surface area contributed by atoms with Crippen LogP contribution in [0, 0.1) is 11.3 Å². The molecule has 0 bridgehead atoms. The predicted molar refractivity (Wildman–Crippen MR) is 85.1 cm³/mol. The first-order chi connectivity index (χ1) is 10.8. The van der Waals surface area contributed by atoms with E-state index in [1.165, 1.54) is 25.7 Å². The molecule has 0 amide bonds. The third-order valence-electron chi connectivity index (χ3n) is 3.92. The van der Waals surface area contributed by atoms with Gasteiger partial charge in [-0.2, -0.15) is 10.2 Å².